The van der Waals surface area contributed by atoms with Crippen LogP contribution in [0.3, 0.4) is 0 Å². The number of amides is 2. The molecular formula is C33H30N4O5S. The summed E-state index contributed by atoms with van der Waals surface area (Å²) in [5.74, 6) is -0.793. The average Bonchev–Trinajstić information content (AvgIpc) is 3.58. The molecule has 1 atom stereocenters. The number of carbonyl (C=O) groups is 2. The van der Waals surface area contributed by atoms with Crippen LogP contribution in [0.15, 0.2) is 125 Å². The number of fused-ring (bicyclic) bond motifs is 1. The Kier molecular flexibility index (Phi) is 8.04. The minimum Gasteiger partial charge on any atom is -0.467 e. The van der Waals surface area contributed by atoms with Crippen molar-refractivity contribution in [3.8, 4) is 0 Å². The summed E-state index contributed by atoms with van der Waals surface area (Å²) >= 11 is 0. The summed E-state index contributed by atoms with van der Waals surface area (Å²) in [5, 5.41) is 3.47. The number of hydrogen-bond acceptors (Lipinski definition) is 6. The zero-order chi connectivity index (χ0) is 29.8. The van der Waals surface area contributed by atoms with Gasteiger partial charge in [-0.25, -0.2) is 8.42 Å². The average molecular weight is 595 g/mol. The lowest BCUT2D eigenvalue weighted by molar-refractivity contribution is -0.136. The summed E-state index contributed by atoms with van der Waals surface area (Å²) in [6.07, 6.45) is 3.14. The van der Waals surface area contributed by atoms with Gasteiger partial charge in [0.25, 0.3) is 0 Å². The fraction of sp³-hybridized carbons (Fsp3) is 0.182. The molecule has 6 rings (SSSR count). The lowest BCUT2D eigenvalue weighted by atomic mass is 9.89. The van der Waals surface area contributed by atoms with E-state index in [1.54, 1.807) is 47.5 Å². The zero-order valence-electron chi connectivity index (χ0n) is 23.2. The van der Waals surface area contributed by atoms with Gasteiger partial charge in [0.15, 0.2) is 0 Å². The van der Waals surface area contributed by atoms with Crippen LogP contribution in [-0.2, 0) is 26.2 Å². The fourth-order valence-electron chi connectivity index (χ4n) is 5.47. The van der Waals surface area contributed by atoms with Gasteiger partial charge in [-0.2, -0.15) is 4.31 Å². The van der Waals surface area contributed by atoms with Crippen molar-refractivity contribution in [1.29, 1.82) is 0 Å². The fourth-order valence-corrected chi connectivity index (χ4v) is 7.08. The molecule has 1 N–H and O–H groups in total. The maximum absolute atomic E-state index is 14.2. The van der Waals surface area contributed by atoms with Gasteiger partial charge in [0.2, 0.25) is 21.8 Å². The van der Waals surface area contributed by atoms with Crippen molar-refractivity contribution < 1.29 is 22.4 Å². The van der Waals surface area contributed by atoms with Gasteiger partial charge in [0, 0.05) is 31.2 Å². The molecule has 1 aliphatic heterocycles. The van der Waals surface area contributed by atoms with Crippen LogP contribution in [0.25, 0.3) is 10.9 Å². The van der Waals surface area contributed by atoms with Gasteiger partial charge in [-0.05, 0) is 47.5 Å². The molecule has 1 unspecified atom stereocenters. The first-order valence-corrected chi connectivity index (χ1v) is 15.4. The Bertz CT molecular complexity index is 1790. The van der Waals surface area contributed by atoms with Crippen LogP contribution in [0.1, 0.15) is 22.8 Å². The van der Waals surface area contributed by atoms with Crippen LogP contribution >= 0.6 is 0 Å². The van der Waals surface area contributed by atoms with E-state index < -0.39 is 27.9 Å². The molecule has 2 aromatic heterocycles. The second-order valence-corrected chi connectivity index (χ2v) is 12.2. The molecule has 3 aromatic carbocycles. The summed E-state index contributed by atoms with van der Waals surface area (Å²) in [6.45, 7) is 0.0649. The Labute approximate surface area is 249 Å². The molecular weight excluding hydrogens is 564 g/mol. The molecule has 0 spiro atoms. The van der Waals surface area contributed by atoms with Crippen molar-refractivity contribution in [2.75, 3.05) is 19.6 Å². The van der Waals surface area contributed by atoms with Crippen LogP contribution in [0.2, 0.25) is 0 Å². The number of carbonyl (C=O) groups excluding carboxylic acids is 2. The van der Waals surface area contributed by atoms with Gasteiger partial charge in [-0.1, -0.05) is 66.7 Å². The van der Waals surface area contributed by atoms with Crippen molar-refractivity contribution in [3.63, 3.8) is 0 Å². The number of aromatic nitrogens is 1. The van der Waals surface area contributed by atoms with Crippen molar-refractivity contribution >= 4 is 32.7 Å². The first-order chi connectivity index (χ1) is 20.9. The number of furan rings is 1. The smallest absolute Gasteiger partial charge is 0.243 e. The number of nitrogens with zero attached hydrogens (tertiary/aromatic N) is 3. The molecule has 43 heavy (non-hydrogen) atoms. The molecule has 0 radical (unpaired) electrons. The Hall–Kier alpha value is -4.80. The van der Waals surface area contributed by atoms with E-state index in [-0.39, 0.29) is 37.0 Å². The molecule has 10 heteroatoms. The predicted molar refractivity (Wildman–Crippen MR) is 161 cm³/mol. The minimum atomic E-state index is -4.11. The van der Waals surface area contributed by atoms with E-state index in [1.807, 2.05) is 60.7 Å². The van der Waals surface area contributed by atoms with Crippen molar-refractivity contribution in [3.05, 3.63) is 132 Å². The molecule has 3 heterocycles. The van der Waals surface area contributed by atoms with E-state index in [9.17, 15) is 18.0 Å². The maximum atomic E-state index is 14.2. The van der Waals surface area contributed by atoms with E-state index in [0.29, 0.717) is 16.7 Å². The highest BCUT2D eigenvalue weighted by molar-refractivity contribution is 7.89. The number of sulfonamides is 1. The van der Waals surface area contributed by atoms with Gasteiger partial charge in [0.1, 0.15) is 11.8 Å². The number of rotatable bonds is 8. The number of benzene rings is 3. The summed E-state index contributed by atoms with van der Waals surface area (Å²) in [4.78, 5) is 33.8. The predicted octanol–water partition coefficient (Wildman–Crippen LogP) is 4.18. The van der Waals surface area contributed by atoms with E-state index >= 15 is 0 Å². The quantitative estimate of drug-likeness (QED) is 0.289. The summed E-state index contributed by atoms with van der Waals surface area (Å²) in [6, 6.07) is 29.4. The van der Waals surface area contributed by atoms with Crippen LogP contribution in [0.5, 0.6) is 0 Å². The largest absolute Gasteiger partial charge is 0.467 e. The highest BCUT2D eigenvalue weighted by atomic mass is 32.2. The third-order valence-corrected chi connectivity index (χ3v) is 9.56. The Morgan fingerprint density at radius 2 is 1.60 bits per heavy atom. The lowest BCUT2D eigenvalue weighted by Gasteiger charge is -2.40. The molecule has 0 aliphatic carbocycles. The Morgan fingerprint density at radius 1 is 0.884 bits per heavy atom. The molecule has 2 amide bonds. The van der Waals surface area contributed by atoms with Gasteiger partial charge in [-0.3, -0.25) is 14.6 Å². The molecule has 218 valence electrons. The number of hydrogen-bond donors (Lipinski definition) is 1. The number of nitrogens with one attached hydrogen (secondary N) is 1. The van der Waals surface area contributed by atoms with Crippen LogP contribution in [0.4, 0.5) is 0 Å². The topological polar surface area (TPSA) is 113 Å². The van der Waals surface area contributed by atoms with Crippen molar-refractivity contribution in [2.45, 2.75) is 23.4 Å². The van der Waals surface area contributed by atoms with Gasteiger partial charge in [0.05, 0.1) is 29.1 Å². The van der Waals surface area contributed by atoms with Crippen molar-refractivity contribution in [1.82, 2.24) is 19.5 Å². The third kappa shape index (κ3) is 5.93. The minimum absolute atomic E-state index is 0.0473. The highest BCUT2D eigenvalue weighted by Crippen LogP contribution is 2.30. The van der Waals surface area contributed by atoms with Gasteiger partial charge >= 0.3 is 0 Å². The monoisotopic (exact) mass is 594 g/mol. The second kappa shape index (κ2) is 12.2. The van der Waals surface area contributed by atoms with E-state index in [0.717, 1.165) is 11.1 Å². The molecule has 0 bridgehead atoms. The molecule has 1 fully saturated rings. The molecule has 1 aliphatic rings. The Morgan fingerprint density at radius 3 is 2.28 bits per heavy atom. The number of pyridine rings is 1. The molecule has 5 aromatic rings. The third-order valence-electron chi connectivity index (χ3n) is 7.66. The SMILES string of the molecule is O=C(NCc1ccco1)C1CN(C(=O)C(c2ccccc2)c2ccccc2)CCN1S(=O)(=O)c1ccc2ncccc2c1. The summed E-state index contributed by atoms with van der Waals surface area (Å²) in [7, 11) is -4.11. The summed E-state index contributed by atoms with van der Waals surface area (Å²) in [5.41, 5.74) is 2.30. The maximum Gasteiger partial charge on any atom is 0.243 e. The Balaban J connectivity index is 1.32. The van der Waals surface area contributed by atoms with E-state index in [1.165, 1.54) is 16.6 Å². The number of piperazine rings is 1. The van der Waals surface area contributed by atoms with Crippen LogP contribution < -0.4 is 5.32 Å². The first-order valence-electron chi connectivity index (χ1n) is 14.0. The van der Waals surface area contributed by atoms with Crippen LogP contribution in [0, 0.1) is 0 Å². The van der Waals surface area contributed by atoms with Gasteiger partial charge in [-0.15, -0.1) is 0 Å². The lowest BCUT2D eigenvalue weighted by Crippen LogP contribution is -2.61. The molecule has 1 saturated heterocycles. The normalized spacial score (nSPS) is 15.9. The molecule has 0 saturated carbocycles. The first kappa shape index (κ1) is 28.3. The molecule has 9 nitrogen and oxygen atoms in total. The standard InChI is InChI=1S/C33H30N4O5S/c38-32(35-22-27-14-8-20-42-27)30-23-36(33(39)31(24-9-3-1-4-10-24)25-11-5-2-6-12-25)18-19-37(30)43(40,41)28-15-16-29-26(21-28)13-7-17-34-29/h1-17,20-21,30-31H,18-19,22-23H2,(H,35,38). The summed E-state index contributed by atoms with van der Waals surface area (Å²) < 4.78 is 34.6. The zero-order valence-corrected chi connectivity index (χ0v) is 24.1. The van der Waals surface area contributed by atoms with Crippen LogP contribution in [-0.4, -0.2) is 60.1 Å². The second-order valence-electron chi connectivity index (χ2n) is 10.3. The van der Waals surface area contributed by atoms with Gasteiger partial charge < -0.3 is 14.6 Å². The van der Waals surface area contributed by atoms with E-state index in [2.05, 4.69) is 10.3 Å². The van der Waals surface area contributed by atoms with Crippen molar-refractivity contribution in [2.24, 2.45) is 0 Å². The highest BCUT2D eigenvalue weighted by Gasteiger charge is 2.42. The van der Waals surface area contributed by atoms with E-state index in [4.69, 9.17) is 4.42 Å².